The predicted molar refractivity (Wildman–Crippen MR) is 93.1 cm³/mol. The number of carbonyl (C=O) groups excluding carboxylic acids is 1. The van der Waals surface area contributed by atoms with Crippen molar-refractivity contribution >= 4 is 17.7 Å². The predicted octanol–water partition coefficient (Wildman–Crippen LogP) is 5.13. The van der Waals surface area contributed by atoms with Crippen molar-refractivity contribution in [1.29, 1.82) is 0 Å². The van der Waals surface area contributed by atoms with E-state index < -0.39 is 0 Å². The van der Waals surface area contributed by atoms with E-state index in [0.717, 1.165) is 22.8 Å². The maximum absolute atomic E-state index is 12.4. The molecule has 1 amide bonds. The first-order valence-electron chi connectivity index (χ1n) is 7.96. The van der Waals surface area contributed by atoms with Crippen LogP contribution in [0.2, 0.25) is 0 Å². The van der Waals surface area contributed by atoms with Crippen LogP contribution in [0.3, 0.4) is 0 Å². The summed E-state index contributed by atoms with van der Waals surface area (Å²) < 4.78 is 0. The van der Waals surface area contributed by atoms with Gasteiger partial charge in [0.05, 0.1) is 5.56 Å². The van der Waals surface area contributed by atoms with Crippen molar-refractivity contribution in [2.24, 2.45) is 5.92 Å². The zero-order chi connectivity index (χ0) is 15.8. The molecule has 1 unspecified atom stereocenters. The molecule has 1 aromatic carbocycles. The molecule has 2 nitrogen and oxygen atoms in total. The molecular weight excluding hydrogens is 278 g/mol. The number of benzene rings is 1. The van der Waals surface area contributed by atoms with E-state index in [9.17, 15) is 4.79 Å². The van der Waals surface area contributed by atoms with Crippen molar-refractivity contribution in [2.45, 2.75) is 70.1 Å². The van der Waals surface area contributed by atoms with Gasteiger partial charge in [-0.3, -0.25) is 4.79 Å². The van der Waals surface area contributed by atoms with Gasteiger partial charge in [-0.25, -0.2) is 0 Å². The van der Waals surface area contributed by atoms with Crippen LogP contribution in [-0.4, -0.2) is 17.2 Å². The third-order valence-electron chi connectivity index (χ3n) is 3.29. The Morgan fingerprint density at radius 3 is 2.38 bits per heavy atom. The number of hydrogen-bond donors (Lipinski definition) is 1. The van der Waals surface area contributed by atoms with Crippen molar-refractivity contribution in [3.05, 3.63) is 29.8 Å². The van der Waals surface area contributed by atoms with Crippen LogP contribution in [0.4, 0.5) is 0 Å². The van der Waals surface area contributed by atoms with Crippen LogP contribution in [0, 0.1) is 5.92 Å². The monoisotopic (exact) mass is 307 g/mol. The van der Waals surface area contributed by atoms with Crippen LogP contribution < -0.4 is 5.32 Å². The van der Waals surface area contributed by atoms with Crippen LogP contribution >= 0.6 is 11.8 Å². The third-order valence-corrected chi connectivity index (χ3v) is 4.37. The lowest BCUT2D eigenvalue weighted by Crippen LogP contribution is -2.32. The zero-order valence-corrected chi connectivity index (χ0v) is 14.8. The summed E-state index contributed by atoms with van der Waals surface area (Å²) in [5.41, 5.74) is 0.798. The highest BCUT2D eigenvalue weighted by atomic mass is 32.2. The largest absolute Gasteiger partial charge is 0.350 e. The Kier molecular flexibility index (Phi) is 7.87. The minimum atomic E-state index is 0.0517. The molecule has 0 aliphatic carbocycles. The topological polar surface area (TPSA) is 29.1 Å². The Morgan fingerprint density at radius 2 is 1.76 bits per heavy atom. The average molecular weight is 308 g/mol. The van der Waals surface area contributed by atoms with E-state index in [0.29, 0.717) is 5.25 Å². The van der Waals surface area contributed by atoms with Crippen molar-refractivity contribution in [3.8, 4) is 0 Å². The minimum Gasteiger partial charge on any atom is -0.350 e. The molecule has 1 atom stereocenters. The van der Waals surface area contributed by atoms with Crippen LogP contribution in [0.1, 0.15) is 64.2 Å². The quantitative estimate of drug-likeness (QED) is 0.674. The molecular formula is C18H29NOS. The van der Waals surface area contributed by atoms with Gasteiger partial charge in [-0.05, 0) is 31.4 Å². The molecule has 0 radical (unpaired) electrons. The first-order valence-corrected chi connectivity index (χ1v) is 8.84. The molecule has 0 aromatic heterocycles. The molecule has 1 aromatic rings. The summed E-state index contributed by atoms with van der Waals surface area (Å²) in [7, 11) is 0. The molecule has 0 aliphatic rings. The SMILES string of the molecule is CC(C)CCCC(C)NC(=O)c1ccccc1SC(C)C. The molecule has 0 aliphatic heterocycles. The molecule has 0 fully saturated rings. The Morgan fingerprint density at radius 1 is 1.10 bits per heavy atom. The zero-order valence-electron chi connectivity index (χ0n) is 14.0. The molecule has 1 rings (SSSR count). The fourth-order valence-corrected chi connectivity index (χ4v) is 3.17. The van der Waals surface area contributed by atoms with E-state index in [1.165, 1.54) is 12.8 Å². The Hall–Kier alpha value is -0.960. The van der Waals surface area contributed by atoms with Gasteiger partial charge in [0, 0.05) is 16.2 Å². The number of hydrogen-bond acceptors (Lipinski definition) is 2. The molecule has 0 spiro atoms. The van der Waals surface area contributed by atoms with Gasteiger partial charge >= 0.3 is 0 Å². The lowest BCUT2D eigenvalue weighted by Gasteiger charge is -2.16. The van der Waals surface area contributed by atoms with Crippen LogP contribution in [0.15, 0.2) is 29.2 Å². The van der Waals surface area contributed by atoms with Crippen molar-refractivity contribution in [2.75, 3.05) is 0 Å². The fourth-order valence-electron chi connectivity index (χ4n) is 2.22. The van der Waals surface area contributed by atoms with Gasteiger partial charge in [-0.2, -0.15) is 0 Å². The second-order valence-corrected chi connectivity index (χ2v) is 7.98. The van der Waals surface area contributed by atoms with E-state index in [2.05, 4.69) is 39.9 Å². The molecule has 118 valence electrons. The molecule has 0 saturated carbocycles. The molecule has 1 N–H and O–H groups in total. The lowest BCUT2D eigenvalue weighted by molar-refractivity contribution is 0.0935. The second-order valence-electron chi connectivity index (χ2n) is 6.36. The van der Waals surface area contributed by atoms with Crippen molar-refractivity contribution in [1.82, 2.24) is 5.32 Å². The van der Waals surface area contributed by atoms with E-state index in [1.807, 2.05) is 24.3 Å². The summed E-state index contributed by atoms with van der Waals surface area (Å²) in [5, 5.41) is 3.61. The van der Waals surface area contributed by atoms with E-state index in [1.54, 1.807) is 11.8 Å². The van der Waals surface area contributed by atoms with Gasteiger partial charge in [0.15, 0.2) is 0 Å². The molecule has 0 heterocycles. The summed E-state index contributed by atoms with van der Waals surface area (Å²) in [5.74, 6) is 0.784. The van der Waals surface area contributed by atoms with Gasteiger partial charge in [0.2, 0.25) is 0 Å². The fraction of sp³-hybridized carbons (Fsp3) is 0.611. The van der Waals surface area contributed by atoms with Crippen molar-refractivity contribution < 1.29 is 4.79 Å². The van der Waals surface area contributed by atoms with Crippen LogP contribution in [0.5, 0.6) is 0 Å². The third kappa shape index (κ3) is 7.03. The lowest BCUT2D eigenvalue weighted by atomic mass is 10.0. The normalized spacial score (nSPS) is 12.7. The number of rotatable bonds is 8. The second kappa shape index (κ2) is 9.14. The van der Waals surface area contributed by atoms with Gasteiger partial charge in [0.1, 0.15) is 0 Å². The van der Waals surface area contributed by atoms with E-state index in [-0.39, 0.29) is 11.9 Å². The van der Waals surface area contributed by atoms with E-state index in [4.69, 9.17) is 0 Å². The maximum Gasteiger partial charge on any atom is 0.252 e. The smallest absolute Gasteiger partial charge is 0.252 e. The number of nitrogens with one attached hydrogen (secondary N) is 1. The Balaban J connectivity index is 2.58. The first-order chi connectivity index (χ1) is 9.90. The first kappa shape index (κ1) is 18.1. The van der Waals surface area contributed by atoms with Gasteiger partial charge in [-0.1, -0.05) is 52.7 Å². The van der Waals surface area contributed by atoms with Crippen LogP contribution in [0.25, 0.3) is 0 Å². The van der Waals surface area contributed by atoms with Crippen LogP contribution in [-0.2, 0) is 0 Å². The standard InChI is InChI=1S/C18H29NOS/c1-13(2)9-8-10-15(5)19-18(20)16-11-6-7-12-17(16)21-14(3)4/h6-7,11-15H,8-10H2,1-5H3,(H,19,20). The highest BCUT2D eigenvalue weighted by Crippen LogP contribution is 2.26. The Bertz CT molecular complexity index is 443. The summed E-state index contributed by atoms with van der Waals surface area (Å²) in [4.78, 5) is 13.5. The van der Waals surface area contributed by atoms with Gasteiger partial charge in [-0.15, -0.1) is 11.8 Å². The molecule has 0 bridgehead atoms. The van der Waals surface area contributed by atoms with Gasteiger partial charge in [0.25, 0.3) is 5.91 Å². The number of thioether (sulfide) groups is 1. The summed E-state index contributed by atoms with van der Waals surface area (Å²) in [6.45, 7) is 10.9. The number of amides is 1. The van der Waals surface area contributed by atoms with Crippen molar-refractivity contribution in [3.63, 3.8) is 0 Å². The summed E-state index contributed by atoms with van der Waals surface area (Å²) in [6.07, 6.45) is 3.44. The highest BCUT2D eigenvalue weighted by Gasteiger charge is 2.14. The Labute approximate surface area is 134 Å². The molecule has 21 heavy (non-hydrogen) atoms. The summed E-state index contributed by atoms with van der Waals surface area (Å²) in [6, 6.07) is 8.11. The van der Waals surface area contributed by atoms with E-state index >= 15 is 0 Å². The molecule has 3 heteroatoms. The maximum atomic E-state index is 12.4. The minimum absolute atomic E-state index is 0.0517. The highest BCUT2D eigenvalue weighted by molar-refractivity contribution is 8.00. The molecule has 0 saturated heterocycles. The average Bonchev–Trinajstić information content (AvgIpc) is 2.37. The van der Waals surface area contributed by atoms with Gasteiger partial charge < -0.3 is 5.32 Å². The summed E-state index contributed by atoms with van der Waals surface area (Å²) >= 11 is 1.74. The number of carbonyl (C=O) groups is 1.